The fraction of sp³-hybridized carbons (Fsp3) is 0.583. The van der Waals surface area contributed by atoms with Gasteiger partial charge in [0.2, 0.25) is 15.7 Å². The number of halogens is 1. The minimum Gasteiger partial charge on any atom is -0.465 e. The van der Waals surface area contributed by atoms with Crippen molar-refractivity contribution in [3.05, 3.63) is 69.2 Å². The molecule has 2 fully saturated rings. The number of nitro groups is 1. The van der Waals surface area contributed by atoms with Gasteiger partial charge in [0.05, 0.1) is 16.4 Å². The Kier molecular flexibility index (Phi) is 14.2. The second-order valence-corrected chi connectivity index (χ2v) is 17.1. The maximum Gasteiger partial charge on any atom is 0.302 e. The van der Waals surface area contributed by atoms with Crippen molar-refractivity contribution in [3.63, 3.8) is 0 Å². The van der Waals surface area contributed by atoms with Crippen molar-refractivity contribution in [2.75, 3.05) is 40.3 Å². The number of sulfone groups is 1. The summed E-state index contributed by atoms with van der Waals surface area (Å²) in [7, 11) is -1.03. The van der Waals surface area contributed by atoms with Crippen LogP contribution < -0.4 is 10.7 Å². The molecule has 52 heavy (non-hydrogen) atoms. The zero-order valence-electron chi connectivity index (χ0n) is 30.5. The maximum atomic E-state index is 14.2. The van der Waals surface area contributed by atoms with E-state index in [-0.39, 0.29) is 37.6 Å². The molecule has 14 nitrogen and oxygen atoms in total. The van der Waals surface area contributed by atoms with Crippen molar-refractivity contribution in [3.8, 4) is 0 Å². The fourth-order valence-electron chi connectivity index (χ4n) is 6.87. The molecule has 2 aliphatic rings. The first-order valence-corrected chi connectivity index (χ1v) is 19.6. The number of hydrogen-bond donors (Lipinski definition) is 2. The van der Waals surface area contributed by atoms with E-state index < -0.39 is 54.1 Å². The van der Waals surface area contributed by atoms with E-state index in [4.69, 9.17) is 16.3 Å². The van der Waals surface area contributed by atoms with Crippen molar-refractivity contribution in [1.82, 2.24) is 25.6 Å². The predicted octanol–water partition coefficient (Wildman–Crippen LogP) is 3.97. The van der Waals surface area contributed by atoms with Gasteiger partial charge >= 0.3 is 5.97 Å². The van der Waals surface area contributed by atoms with E-state index in [0.29, 0.717) is 30.1 Å². The molecule has 4 rings (SSSR count). The monoisotopic (exact) mass is 762 g/mol. The number of nitrogens with one attached hydrogen (secondary N) is 2. The number of hydrazine groups is 1. The summed E-state index contributed by atoms with van der Waals surface area (Å²) in [4.78, 5) is 54.1. The molecule has 0 spiro atoms. The Morgan fingerprint density at radius 1 is 1.04 bits per heavy atom. The average molecular weight is 763 g/mol. The first kappa shape index (κ1) is 41.1. The molecular formula is C36H51ClN6O8S. The molecule has 2 aromatic carbocycles. The first-order valence-electron chi connectivity index (χ1n) is 17.6. The number of ether oxygens (including phenoxy) is 1. The first-order chi connectivity index (χ1) is 24.5. The molecule has 2 aromatic rings. The third-order valence-corrected chi connectivity index (χ3v) is 11.8. The minimum atomic E-state index is -4.38. The lowest BCUT2D eigenvalue weighted by Gasteiger charge is -2.42. The molecule has 1 heterocycles. The van der Waals surface area contributed by atoms with Crippen LogP contribution in [0, 0.1) is 15.5 Å². The second-order valence-electron chi connectivity index (χ2n) is 14.6. The van der Waals surface area contributed by atoms with Crippen LogP contribution in [0.15, 0.2) is 53.4 Å². The summed E-state index contributed by atoms with van der Waals surface area (Å²) in [5, 5.41) is 15.7. The van der Waals surface area contributed by atoms with Gasteiger partial charge < -0.3 is 14.5 Å². The highest BCUT2D eigenvalue weighted by Gasteiger charge is 2.43. The Balaban J connectivity index is 1.60. The lowest BCUT2D eigenvalue weighted by atomic mass is 9.87. The van der Waals surface area contributed by atoms with Gasteiger partial charge in [-0.1, -0.05) is 55.1 Å². The van der Waals surface area contributed by atoms with Crippen LogP contribution in [0.25, 0.3) is 0 Å². The highest BCUT2D eigenvalue weighted by atomic mass is 35.5. The van der Waals surface area contributed by atoms with Crippen molar-refractivity contribution in [2.24, 2.45) is 5.41 Å². The third-order valence-electron chi connectivity index (χ3n) is 9.57. The number of esters is 1. The number of nitro benzene ring substituents is 1. The van der Waals surface area contributed by atoms with Crippen molar-refractivity contribution in [1.29, 1.82) is 0 Å². The quantitative estimate of drug-likeness (QED) is 0.144. The number of hydrogen-bond acceptors (Lipinski definition) is 11. The topological polar surface area (TPSA) is 172 Å². The van der Waals surface area contributed by atoms with E-state index in [1.807, 2.05) is 4.90 Å². The number of amides is 2. The van der Waals surface area contributed by atoms with Crippen molar-refractivity contribution < 1.29 is 32.5 Å². The van der Waals surface area contributed by atoms with E-state index in [0.717, 1.165) is 38.2 Å². The van der Waals surface area contributed by atoms with E-state index >= 15 is 0 Å². The summed E-state index contributed by atoms with van der Waals surface area (Å²) in [6, 6.07) is 10.7. The second kappa shape index (κ2) is 17.9. The van der Waals surface area contributed by atoms with Gasteiger partial charge in [-0.3, -0.25) is 35.2 Å². The summed E-state index contributed by atoms with van der Waals surface area (Å²) >= 11 is 6.12. The van der Waals surface area contributed by atoms with Crippen LogP contribution in [-0.2, 0) is 35.4 Å². The van der Waals surface area contributed by atoms with Gasteiger partial charge in [0.15, 0.2) is 0 Å². The number of benzene rings is 2. The molecule has 1 aliphatic heterocycles. The summed E-state index contributed by atoms with van der Waals surface area (Å²) in [5.41, 5.74) is 2.19. The molecule has 2 unspecified atom stereocenters. The van der Waals surface area contributed by atoms with Crippen LogP contribution in [0.5, 0.6) is 0 Å². The zero-order chi connectivity index (χ0) is 38.2. The molecule has 2 N–H and O–H groups in total. The van der Waals surface area contributed by atoms with Gasteiger partial charge in [-0.15, -0.1) is 0 Å². The Hall–Kier alpha value is -3.63. The molecule has 3 atom stereocenters. The maximum absolute atomic E-state index is 14.2. The lowest BCUT2D eigenvalue weighted by molar-refractivity contribution is -0.387. The smallest absolute Gasteiger partial charge is 0.302 e. The Bertz CT molecular complexity index is 1680. The molecule has 0 radical (unpaired) electrons. The molecule has 2 amide bonds. The van der Waals surface area contributed by atoms with E-state index in [1.165, 1.54) is 25.1 Å². The normalized spacial score (nSPS) is 18.5. The van der Waals surface area contributed by atoms with Crippen LogP contribution in [0.2, 0.25) is 5.02 Å². The largest absolute Gasteiger partial charge is 0.465 e. The predicted molar refractivity (Wildman–Crippen MR) is 197 cm³/mol. The number of likely N-dealkylation sites (N-methyl/N-ethyl adjacent to an activating group) is 1. The zero-order valence-corrected chi connectivity index (χ0v) is 32.1. The van der Waals surface area contributed by atoms with Crippen molar-refractivity contribution >= 4 is 44.9 Å². The summed E-state index contributed by atoms with van der Waals surface area (Å²) in [6.45, 7) is 5.54. The highest BCUT2D eigenvalue weighted by Crippen LogP contribution is 2.32. The van der Waals surface area contributed by atoms with E-state index in [9.17, 15) is 32.9 Å². The van der Waals surface area contributed by atoms with Gasteiger partial charge in [-0.25, -0.2) is 13.4 Å². The van der Waals surface area contributed by atoms with Crippen LogP contribution >= 0.6 is 11.6 Å². The number of carbonyl (C=O) groups is 3. The van der Waals surface area contributed by atoms with Gasteiger partial charge in [0.25, 0.3) is 11.6 Å². The van der Waals surface area contributed by atoms with Crippen LogP contribution in [0.1, 0.15) is 64.9 Å². The summed E-state index contributed by atoms with van der Waals surface area (Å²) < 4.78 is 33.4. The van der Waals surface area contributed by atoms with Gasteiger partial charge in [0.1, 0.15) is 16.9 Å². The molecule has 286 valence electrons. The molecule has 0 aromatic heterocycles. The fourth-order valence-corrected chi connectivity index (χ4v) is 8.84. The molecule has 1 saturated carbocycles. The number of rotatable bonds is 16. The standard InChI is InChI=1S/C36H51ClN6O8S/c1-25(44)51-24-36(2,3)35(46)42(28-11-7-6-8-12-28)29-19-20-41(22-29)39-34(45)30(21-26-15-17-27(37)18-16-26)38-33(23-40(4)5)52(49,50)32-14-10-9-13-31(32)43(47)48/h9-10,13-18,28-30,33,38H,6-8,11-12,19-24H2,1-5H3,(H,39,45)/t29-,30?,33?/m0/s1. The van der Waals surface area contributed by atoms with Crippen LogP contribution in [0.4, 0.5) is 5.69 Å². The van der Waals surface area contributed by atoms with Gasteiger partial charge in [-0.2, -0.15) is 0 Å². The van der Waals surface area contributed by atoms with Crippen LogP contribution in [-0.4, -0.2) is 110 Å². The van der Waals surface area contributed by atoms with Crippen molar-refractivity contribution in [2.45, 2.75) is 94.1 Å². The van der Waals surface area contributed by atoms with E-state index in [1.54, 1.807) is 62.1 Å². The Morgan fingerprint density at radius 2 is 1.69 bits per heavy atom. The van der Waals surface area contributed by atoms with Gasteiger partial charge in [-0.05, 0) is 77.4 Å². The minimum absolute atomic E-state index is 0.0249. The Labute approximate surface area is 311 Å². The molecule has 16 heteroatoms. The molecule has 0 bridgehead atoms. The molecule has 1 aliphatic carbocycles. The SMILES string of the molecule is CC(=O)OCC(C)(C)C(=O)N(C1CCCCC1)[C@H]1CCN(NC(=O)C(Cc2ccc(Cl)cc2)NC(CN(C)C)S(=O)(=O)c2ccccc2[N+](=O)[O-])C1. The number of carbonyl (C=O) groups excluding carboxylic acids is 3. The lowest BCUT2D eigenvalue weighted by Crippen LogP contribution is -2.58. The highest BCUT2D eigenvalue weighted by molar-refractivity contribution is 7.92. The third kappa shape index (κ3) is 10.7. The Morgan fingerprint density at radius 3 is 2.31 bits per heavy atom. The van der Waals surface area contributed by atoms with Crippen LogP contribution in [0.3, 0.4) is 0 Å². The summed E-state index contributed by atoms with van der Waals surface area (Å²) in [6.07, 6.45) is 5.54. The van der Waals surface area contributed by atoms with E-state index in [2.05, 4.69) is 10.7 Å². The molecule has 1 saturated heterocycles. The summed E-state index contributed by atoms with van der Waals surface area (Å²) in [5.74, 6) is -1.06. The number of nitrogens with zero attached hydrogens (tertiary/aromatic N) is 4. The molecular weight excluding hydrogens is 712 g/mol. The average Bonchev–Trinajstić information content (AvgIpc) is 3.55. The van der Waals surface area contributed by atoms with Gasteiger partial charge in [0, 0.05) is 49.7 Å². The number of para-hydroxylation sites is 1.